The fourth-order valence-electron chi connectivity index (χ4n) is 2.29. The predicted molar refractivity (Wildman–Crippen MR) is 74.4 cm³/mol. The van der Waals surface area contributed by atoms with Gasteiger partial charge in [-0.05, 0) is 34.9 Å². The fourth-order valence-corrected chi connectivity index (χ4v) is 2.44. The first kappa shape index (κ1) is 13.3. The maximum Gasteiger partial charge on any atom is 0.167 e. The van der Waals surface area contributed by atoms with Crippen LogP contribution in [-0.4, -0.2) is 5.78 Å². The van der Waals surface area contributed by atoms with Crippen molar-refractivity contribution in [1.82, 2.24) is 0 Å². The van der Waals surface area contributed by atoms with Crippen LogP contribution in [0.15, 0.2) is 36.4 Å². The first-order valence-electron chi connectivity index (χ1n) is 6.30. The molecule has 2 aromatic rings. The van der Waals surface area contributed by atoms with E-state index < -0.39 is 5.82 Å². The molecule has 0 amide bonds. The summed E-state index contributed by atoms with van der Waals surface area (Å²) in [7, 11) is 0. The van der Waals surface area contributed by atoms with Crippen molar-refractivity contribution in [1.29, 1.82) is 0 Å². The summed E-state index contributed by atoms with van der Waals surface area (Å²) in [5, 5.41) is 0.327. The van der Waals surface area contributed by atoms with Gasteiger partial charge < -0.3 is 4.74 Å². The Balaban J connectivity index is 1.82. The van der Waals surface area contributed by atoms with Crippen LogP contribution in [0.25, 0.3) is 0 Å². The lowest BCUT2D eigenvalue weighted by molar-refractivity contribution is 0.0991. The third kappa shape index (κ3) is 2.60. The second-order valence-electron chi connectivity index (χ2n) is 4.81. The molecule has 0 saturated heterocycles. The molecule has 0 unspecified atom stereocenters. The Morgan fingerprint density at radius 2 is 1.95 bits per heavy atom. The zero-order valence-electron chi connectivity index (χ0n) is 10.7. The lowest BCUT2D eigenvalue weighted by Gasteiger charge is -2.05. The molecule has 0 saturated carbocycles. The van der Waals surface area contributed by atoms with Crippen LogP contribution in [0.4, 0.5) is 4.39 Å². The van der Waals surface area contributed by atoms with Crippen molar-refractivity contribution in [2.24, 2.45) is 0 Å². The molecule has 0 radical (unpaired) electrons. The average molecular weight is 291 g/mol. The molecule has 0 aliphatic carbocycles. The van der Waals surface area contributed by atoms with Gasteiger partial charge in [0.15, 0.2) is 5.78 Å². The van der Waals surface area contributed by atoms with Gasteiger partial charge in [-0.25, -0.2) is 4.39 Å². The van der Waals surface area contributed by atoms with E-state index in [1.165, 1.54) is 6.07 Å². The molecule has 2 nitrogen and oxygen atoms in total. The Bertz CT molecular complexity index is 682. The van der Waals surface area contributed by atoms with E-state index in [0.29, 0.717) is 29.4 Å². The molecular weight excluding hydrogens is 279 g/mol. The maximum absolute atomic E-state index is 13.7. The highest BCUT2D eigenvalue weighted by Gasteiger charge is 2.15. The van der Waals surface area contributed by atoms with E-state index in [0.717, 1.165) is 11.1 Å². The van der Waals surface area contributed by atoms with E-state index in [1.807, 2.05) is 12.1 Å². The highest BCUT2D eigenvalue weighted by atomic mass is 35.5. The Morgan fingerprint density at radius 3 is 2.75 bits per heavy atom. The van der Waals surface area contributed by atoms with Crippen LogP contribution in [0.1, 0.15) is 27.0 Å². The monoisotopic (exact) mass is 290 g/mol. The van der Waals surface area contributed by atoms with Crippen molar-refractivity contribution < 1.29 is 13.9 Å². The minimum atomic E-state index is -0.449. The Labute approximate surface area is 121 Å². The van der Waals surface area contributed by atoms with Crippen molar-refractivity contribution >= 4 is 17.4 Å². The number of benzene rings is 2. The van der Waals surface area contributed by atoms with Crippen molar-refractivity contribution in [3.8, 4) is 0 Å². The van der Waals surface area contributed by atoms with E-state index >= 15 is 0 Å². The van der Waals surface area contributed by atoms with Crippen LogP contribution in [0.2, 0.25) is 5.02 Å². The van der Waals surface area contributed by atoms with Crippen LogP contribution < -0.4 is 0 Å². The summed E-state index contributed by atoms with van der Waals surface area (Å²) in [4.78, 5) is 12.2. The summed E-state index contributed by atoms with van der Waals surface area (Å²) in [5.74, 6) is -0.559. The van der Waals surface area contributed by atoms with Gasteiger partial charge in [0.2, 0.25) is 0 Å². The predicted octanol–water partition coefficient (Wildman–Crippen LogP) is 3.93. The summed E-state index contributed by atoms with van der Waals surface area (Å²) in [6, 6.07) is 9.85. The molecule has 4 heteroatoms. The van der Waals surface area contributed by atoms with Crippen LogP contribution in [0.3, 0.4) is 0 Å². The number of fused-ring (bicyclic) bond motifs is 1. The van der Waals surface area contributed by atoms with Crippen molar-refractivity contribution in [2.45, 2.75) is 19.6 Å². The van der Waals surface area contributed by atoms with Gasteiger partial charge in [-0.15, -0.1) is 0 Å². The third-order valence-corrected chi connectivity index (χ3v) is 3.64. The minimum Gasteiger partial charge on any atom is -0.372 e. The lowest BCUT2D eigenvalue weighted by atomic mass is 9.99. The number of hydrogen-bond donors (Lipinski definition) is 0. The molecular formula is C16H12ClFO2. The molecule has 1 heterocycles. The van der Waals surface area contributed by atoms with Gasteiger partial charge in [0.1, 0.15) is 5.82 Å². The standard InChI is InChI=1S/C16H12ClFO2/c17-14-4-3-10(15(18)7-14)6-16(19)11-1-2-12-8-20-9-13(12)5-11/h1-5,7H,6,8-9H2. The van der Waals surface area contributed by atoms with Gasteiger partial charge in [-0.3, -0.25) is 4.79 Å². The topological polar surface area (TPSA) is 26.3 Å². The average Bonchev–Trinajstić information content (AvgIpc) is 2.89. The third-order valence-electron chi connectivity index (χ3n) is 3.41. The van der Waals surface area contributed by atoms with Crippen LogP contribution >= 0.6 is 11.6 Å². The summed E-state index contributed by atoms with van der Waals surface area (Å²) < 4.78 is 19.0. The van der Waals surface area contributed by atoms with Gasteiger partial charge in [-0.1, -0.05) is 29.8 Å². The molecule has 0 fully saturated rings. The highest BCUT2D eigenvalue weighted by Crippen LogP contribution is 2.22. The van der Waals surface area contributed by atoms with Crippen LogP contribution in [-0.2, 0) is 24.4 Å². The number of ether oxygens (including phenoxy) is 1. The number of Topliss-reactive ketones (excluding diaryl/α,β-unsaturated/α-hetero) is 1. The van der Waals surface area contributed by atoms with Crippen molar-refractivity contribution in [3.63, 3.8) is 0 Å². The number of carbonyl (C=O) groups is 1. The molecule has 0 bridgehead atoms. The Kier molecular flexibility index (Phi) is 3.55. The molecule has 102 valence electrons. The largest absolute Gasteiger partial charge is 0.372 e. The van der Waals surface area contributed by atoms with E-state index in [4.69, 9.17) is 16.3 Å². The normalized spacial score (nSPS) is 13.3. The van der Waals surface area contributed by atoms with Gasteiger partial charge >= 0.3 is 0 Å². The molecule has 2 aromatic carbocycles. The lowest BCUT2D eigenvalue weighted by Crippen LogP contribution is -2.06. The van der Waals surface area contributed by atoms with Gasteiger partial charge in [-0.2, -0.15) is 0 Å². The summed E-state index contributed by atoms with van der Waals surface area (Å²) in [6.07, 6.45) is 0.0304. The number of halogens is 2. The van der Waals surface area contributed by atoms with Gasteiger partial charge in [0.25, 0.3) is 0 Å². The van der Waals surface area contributed by atoms with Crippen LogP contribution in [0, 0.1) is 5.82 Å². The SMILES string of the molecule is O=C(Cc1ccc(Cl)cc1F)c1ccc2c(c1)COC2. The first-order valence-corrected chi connectivity index (χ1v) is 6.68. The molecule has 1 aliphatic heterocycles. The smallest absolute Gasteiger partial charge is 0.167 e. The second kappa shape index (κ2) is 5.35. The zero-order chi connectivity index (χ0) is 14.1. The number of ketones is 1. The Morgan fingerprint density at radius 1 is 1.15 bits per heavy atom. The summed E-state index contributed by atoms with van der Waals surface area (Å²) >= 11 is 5.70. The summed E-state index contributed by atoms with van der Waals surface area (Å²) in [6.45, 7) is 1.13. The molecule has 20 heavy (non-hydrogen) atoms. The van der Waals surface area contributed by atoms with Gasteiger partial charge in [0, 0.05) is 17.0 Å². The highest BCUT2D eigenvalue weighted by molar-refractivity contribution is 6.30. The first-order chi connectivity index (χ1) is 9.63. The van der Waals surface area contributed by atoms with E-state index in [1.54, 1.807) is 18.2 Å². The minimum absolute atomic E-state index is 0.0304. The quantitative estimate of drug-likeness (QED) is 0.801. The molecule has 0 spiro atoms. The molecule has 0 N–H and O–H groups in total. The van der Waals surface area contributed by atoms with Crippen LogP contribution in [0.5, 0.6) is 0 Å². The van der Waals surface area contributed by atoms with E-state index in [2.05, 4.69) is 0 Å². The van der Waals surface area contributed by atoms with E-state index in [9.17, 15) is 9.18 Å². The number of carbonyl (C=O) groups excluding carboxylic acids is 1. The van der Waals surface area contributed by atoms with E-state index in [-0.39, 0.29) is 12.2 Å². The fraction of sp³-hybridized carbons (Fsp3) is 0.188. The molecule has 3 rings (SSSR count). The Hall–Kier alpha value is -1.71. The number of hydrogen-bond acceptors (Lipinski definition) is 2. The second-order valence-corrected chi connectivity index (χ2v) is 5.25. The molecule has 0 aromatic heterocycles. The van der Waals surface area contributed by atoms with Crippen molar-refractivity contribution in [2.75, 3.05) is 0 Å². The number of rotatable bonds is 3. The zero-order valence-corrected chi connectivity index (χ0v) is 11.4. The summed E-state index contributed by atoms with van der Waals surface area (Å²) in [5.41, 5.74) is 3.09. The maximum atomic E-state index is 13.7. The molecule has 0 atom stereocenters. The van der Waals surface area contributed by atoms with Crippen molar-refractivity contribution in [3.05, 3.63) is 69.5 Å². The van der Waals surface area contributed by atoms with Gasteiger partial charge in [0.05, 0.1) is 13.2 Å². The molecule has 1 aliphatic rings.